The maximum atomic E-state index is 13.4. The molecule has 1 N–H and O–H groups in total. The van der Waals surface area contributed by atoms with E-state index in [9.17, 15) is 23.1 Å². The Balaban J connectivity index is 0.000000368. The summed E-state index contributed by atoms with van der Waals surface area (Å²) in [4.78, 5) is 19.1. The lowest BCUT2D eigenvalue weighted by Gasteiger charge is -2.43. The molecule has 2 fully saturated rings. The van der Waals surface area contributed by atoms with E-state index in [-0.39, 0.29) is 23.3 Å². The fraction of sp³-hybridized carbons (Fsp3) is 0.103. The zero-order valence-corrected chi connectivity index (χ0v) is 35.5. The summed E-state index contributed by atoms with van der Waals surface area (Å²) in [5.41, 5.74) is -1.22. The molecule has 308 valence electrons. The second-order valence-corrected chi connectivity index (χ2v) is 12.2. The number of terminal acetylenes is 1. The van der Waals surface area contributed by atoms with Crippen LogP contribution in [0.2, 0.25) is 0 Å². The third-order valence-corrected chi connectivity index (χ3v) is 8.19. The highest BCUT2D eigenvalue weighted by Gasteiger charge is 2.59. The van der Waals surface area contributed by atoms with Crippen LogP contribution in [0.15, 0.2) is 42.5 Å². The summed E-state index contributed by atoms with van der Waals surface area (Å²) in [5, 5.41) is 17.5. The van der Waals surface area contributed by atoms with Gasteiger partial charge in [-0.2, -0.15) is 18.4 Å². The van der Waals surface area contributed by atoms with E-state index in [4.69, 9.17) is 30.5 Å². The summed E-state index contributed by atoms with van der Waals surface area (Å²) in [6, 6.07) is 11.7. The molecule has 2 aromatic carbocycles. The van der Waals surface area contributed by atoms with Gasteiger partial charge < -0.3 is 10.0 Å². The number of nitriles is 1. The molecule has 0 aromatic heterocycles. The molecule has 6 nitrogen and oxygen atoms in total. The molecule has 68 heavy (non-hydrogen) atoms. The van der Waals surface area contributed by atoms with E-state index in [1.54, 1.807) is 35.2 Å². The van der Waals surface area contributed by atoms with Crippen LogP contribution in [-0.4, -0.2) is 21.7 Å². The minimum Gasteiger partial charge on any atom is -0.392 e. The van der Waals surface area contributed by atoms with Crippen LogP contribution in [0.3, 0.4) is 0 Å². The number of aliphatic hydroxyl groups excluding tert-OH is 1. The lowest BCUT2D eigenvalue weighted by Crippen LogP contribution is -2.55. The summed E-state index contributed by atoms with van der Waals surface area (Å²) in [5.74, 6) is 84.9. The molecule has 10 heteroatoms. The van der Waals surface area contributed by atoms with Crippen molar-refractivity contribution in [2.45, 2.75) is 37.6 Å². The molecule has 0 unspecified atom stereocenters. The van der Waals surface area contributed by atoms with Gasteiger partial charge in [-0.25, -0.2) is 4.85 Å². The number of alkyl halides is 3. The standard InChI is InChI=1S/C37HN.C21H16F3N3O2S/c1-2-3-4-5-6-7-8-9-10-11-12-13-14-15-16-17-18-19-20-21-22-23-24-25-26-27-28-29-30-31-32-33-34-35-36-37-38;1-25-17-8-7-15(11-16(17)21(22,23)24)26-18(29)20(9-2-10-20)27(19(26)30)14-5-3-13(12-28)4-6-14/h1H;3-8,11,28H,2,9-10,12H2. The summed E-state index contributed by atoms with van der Waals surface area (Å²) in [7, 11) is 0. The maximum absolute atomic E-state index is 13.4. The molecule has 2 aromatic rings. The van der Waals surface area contributed by atoms with Gasteiger partial charge in [0.15, 0.2) is 16.9 Å². The van der Waals surface area contributed by atoms with Gasteiger partial charge in [-0.1, -0.05) is 18.2 Å². The van der Waals surface area contributed by atoms with E-state index >= 15 is 0 Å². The first-order valence-electron chi connectivity index (χ1n) is 18.5. The van der Waals surface area contributed by atoms with Gasteiger partial charge in [0.25, 0.3) is 5.91 Å². The van der Waals surface area contributed by atoms with Gasteiger partial charge in [0.05, 0.1) is 18.7 Å². The van der Waals surface area contributed by atoms with E-state index < -0.39 is 23.0 Å². The number of benzene rings is 2. The van der Waals surface area contributed by atoms with Gasteiger partial charge >= 0.3 is 6.18 Å². The largest absolute Gasteiger partial charge is 0.407 e. The summed E-state index contributed by atoms with van der Waals surface area (Å²) >= 11 is 5.55. The second kappa shape index (κ2) is 29.0. The molecule has 2 aliphatic rings. The number of rotatable bonds is 3. The van der Waals surface area contributed by atoms with Crippen molar-refractivity contribution in [3.05, 3.63) is 65.0 Å². The molecule has 1 saturated carbocycles. The topological polar surface area (TPSA) is 71.9 Å². The molecule has 4 rings (SSSR count). The highest BCUT2D eigenvalue weighted by Crippen LogP contribution is 2.48. The third-order valence-electron chi connectivity index (χ3n) is 7.82. The number of amides is 1. The van der Waals surface area contributed by atoms with Crippen molar-refractivity contribution in [2.75, 3.05) is 9.80 Å². The van der Waals surface area contributed by atoms with Gasteiger partial charge in [0.2, 0.25) is 0 Å². The molecule has 1 heterocycles. The normalized spacial score (nSPS) is 10.1. The first-order chi connectivity index (χ1) is 33.1. The Morgan fingerprint density at radius 3 is 1.26 bits per heavy atom. The highest BCUT2D eigenvalue weighted by atomic mass is 32.1. The second-order valence-electron chi connectivity index (χ2n) is 11.8. The molecule has 1 aliphatic heterocycles. The zero-order valence-electron chi connectivity index (χ0n) is 34.6. The Morgan fingerprint density at radius 1 is 0.618 bits per heavy atom. The first kappa shape index (κ1) is 51.0. The van der Waals surface area contributed by atoms with Gasteiger partial charge in [0.1, 0.15) is 5.54 Å². The lowest BCUT2D eigenvalue weighted by atomic mass is 9.75. The van der Waals surface area contributed by atoms with Gasteiger partial charge in [-0.3, -0.25) is 9.69 Å². The molecular weight excluding hydrogens is 874 g/mol. The van der Waals surface area contributed by atoms with E-state index in [0.29, 0.717) is 24.1 Å². The number of aliphatic hydroxyl groups is 1. The smallest absolute Gasteiger partial charge is 0.392 e. The minimum atomic E-state index is -4.73. The van der Waals surface area contributed by atoms with Crippen LogP contribution in [0.1, 0.15) is 30.4 Å². The average Bonchev–Trinajstić information content (AvgIpc) is 3.57. The van der Waals surface area contributed by atoms with Crippen molar-refractivity contribution in [2.24, 2.45) is 0 Å². The monoisotopic (exact) mass is 890 g/mol. The van der Waals surface area contributed by atoms with E-state index in [0.717, 1.165) is 23.5 Å². The number of carbonyl (C=O) groups is 1. The van der Waals surface area contributed by atoms with Crippen LogP contribution in [0, 0.1) is 232 Å². The van der Waals surface area contributed by atoms with Crippen molar-refractivity contribution < 1.29 is 23.1 Å². The molecule has 1 saturated heterocycles. The molecule has 1 spiro atoms. The fourth-order valence-electron chi connectivity index (χ4n) is 5.01. The van der Waals surface area contributed by atoms with Crippen LogP contribution in [0.25, 0.3) is 4.85 Å². The third kappa shape index (κ3) is 16.8. The summed E-state index contributed by atoms with van der Waals surface area (Å²) in [6.45, 7) is 6.87. The Kier molecular flexibility index (Phi) is 21.7. The van der Waals surface area contributed by atoms with Crippen molar-refractivity contribution >= 4 is 40.3 Å². The van der Waals surface area contributed by atoms with Crippen LogP contribution >= 0.6 is 12.2 Å². The summed E-state index contributed by atoms with van der Waals surface area (Å²) < 4.78 is 40.3. The highest BCUT2D eigenvalue weighted by molar-refractivity contribution is 7.81. The number of halogens is 3. The molecule has 0 atom stereocenters. The van der Waals surface area contributed by atoms with Gasteiger partial charge in [-0.05, 0) is 109 Å². The Morgan fingerprint density at radius 2 is 0.971 bits per heavy atom. The van der Waals surface area contributed by atoms with Crippen molar-refractivity contribution in [3.63, 3.8) is 0 Å². The van der Waals surface area contributed by atoms with Crippen LogP contribution in [0.5, 0.6) is 0 Å². The van der Waals surface area contributed by atoms with Crippen LogP contribution in [-0.2, 0) is 17.6 Å². The SMILES string of the molecule is C#CC#CC#CC#CC#CC#CC#CC#CC#CC#CC#CC#CC#CC#CC#CC#CC#CC#CC#N.[C-]#[N+]c1ccc(N2C(=O)C3(CCC3)N(c3ccc(CO)cc3)C2=S)cc1C(F)(F)F. The number of hydrogen-bond donors (Lipinski definition) is 1. The Labute approximate surface area is 399 Å². The summed E-state index contributed by atoms with van der Waals surface area (Å²) in [6.07, 6.45) is 2.08. The van der Waals surface area contributed by atoms with Crippen molar-refractivity contribution in [1.82, 2.24) is 0 Å². The number of thiocarbonyl (C=S) groups is 1. The van der Waals surface area contributed by atoms with Gasteiger partial charge in [-0.15, -0.1) is 6.42 Å². The van der Waals surface area contributed by atoms with Crippen molar-refractivity contribution in [3.8, 4) is 220 Å². The first-order valence-corrected chi connectivity index (χ1v) is 18.9. The van der Waals surface area contributed by atoms with Crippen molar-refractivity contribution in [1.29, 1.82) is 5.26 Å². The number of nitrogens with zero attached hydrogens (tertiary/aromatic N) is 4. The van der Waals surface area contributed by atoms with E-state index in [2.05, 4.69) is 212 Å². The van der Waals surface area contributed by atoms with Crippen LogP contribution in [0.4, 0.5) is 30.2 Å². The van der Waals surface area contributed by atoms with Crippen LogP contribution < -0.4 is 9.80 Å². The predicted octanol–water partition coefficient (Wildman–Crippen LogP) is 5.01. The maximum Gasteiger partial charge on any atom is 0.407 e. The quantitative estimate of drug-likeness (QED) is 0.267. The molecular formula is C58H17F3N4O2S. The average molecular weight is 891 g/mol. The van der Waals surface area contributed by atoms with Gasteiger partial charge in [0, 0.05) is 171 Å². The number of carbonyl (C=O) groups excluding carboxylic acids is 1. The lowest BCUT2D eigenvalue weighted by molar-refractivity contribution is -0.137. The predicted molar refractivity (Wildman–Crippen MR) is 256 cm³/mol. The number of anilines is 2. The molecule has 1 aliphatic carbocycles. The van der Waals surface area contributed by atoms with E-state index in [1.165, 1.54) is 6.07 Å². The molecule has 0 bridgehead atoms. The fourth-order valence-corrected chi connectivity index (χ4v) is 5.48. The Bertz CT molecular complexity index is 3560. The Hall–Kier alpha value is -11.4. The van der Waals surface area contributed by atoms with E-state index in [1.807, 2.05) is 0 Å². The zero-order chi connectivity index (χ0) is 49.1. The number of hydrogen-bond acceptors (Lipinski definition) is 4. The molecule has 0 radical (unpaired) electrons. The minimum absolute atomic E-state index is 0.00882. The molecule has 1 amide bonds.